The predicted molar refractivity (Wildman–Crippen MR) is 213 cm³/mol. The van der Waals surface area contributed by atoms with E-state index in [1.54, 1.807) is 39.8 Å². The molecule has 0 radical (unpaired) electrons. The second-order valence-electron chi connectivity index (χ2n) is 16.0. The fourth-order valence-electron chi connectivity index (χ4n) is 7.75. The van der Waals surface area contributed by atoms with Crippen LogP contribution >= 0.6 is 0 Å². The molecule has 2 N–H and O–H groups in total. The smallest absolute Gasteiger partial charge is 0.326 e. The molecule has 5 amide bonds. The number of aliphatic carboxylic acids is 1. The number of nitrogens with one attached hydrogen (secondary N) is 1. The summed E-state index contributed by atoms with van der Waals surface area (Å²) >= 11 is 0. The quantitative estimate of drug-likeness (QED) is 0.167. The molecule has 56 heavy (non-hydrogen) atoms. The number of carboxylic acids is 1. The second-order valence-corrected chi connectivity index (χ2v) is 16.0. The maximum absolute atomic E-state index is 14.1. The van der Waals surface area contributed by atoms with Gasteiger partial charge >= 0.3 is 5.97 Å². The van der Waals surface area contributed by atoms with Gasteiger partial charge < -0.3 is 34.8 Å². The van der Waals surface area contributed by atoms with Gasteiger partial charge in [-0.3, -0.25) is 28.8 Å². The molecule has 8 atom stereocenters. The SMILES string of the molecule is CC[C@H](C)[C@@H]([C@@H](CC(=O)N1CCCC1[C@H](C)[C@@H](C)C(=O)N[C@H](Cc1ccccc1)C(=O)O)OC)N(C)C(=O)C(=O)[C@H](C(C)C)N(C)C(=O)CCCC(=O)N(C)C. The lowest BCUT2D eigenvalue weighted by Crippen LogP contribution is -2.57. The molecular formula is C42H67N5O9. The molecule has 314 valence electrons. The molecule has 2 rings (SSSR count). The molecule has 1 fully saturated rings. The Morgan fingerprint density at radius 3 is 2.05 bits per heavy atom. The second kappa shape index (κ2) is 22.4. The highest BCUT2D eigenvalue weighted by Gasteiger charge is 2.43. The first-order valence-corrected chi connectivity index (χ1v) is 19.9. The molecule has 14 heteroatoms. The number of likely N-dealkylation sites (tertiary alicyclic amines) is 1. The topological polar surface area (TPSA) is 174 Å². The van der Waals surface area contributed by atoms with E-state index in [0.717, 1.165) is 12.0 Å². The van der Waals surface area contributed by atoms with E-state index in [1.165, 1.54) is 35.9 Å². The molecule has 1 aliphatic rings. The minimum atomic E-state index is -1.13. The number of carboxylic acid groups (broad SMARTS) is 1. The summed E-state index contributed by atoms with van der Waals surface area (Å²) < 4.78 is 5.92. The minimum absolute atomic E-state index is 0.0522. The predicted octanol–water partition coefficient (Wildman–Crippen LogP) is 3.65. The lowest BCUT2D eigenvalue weighted by molar-refractivity contribution is -0.154. The Morgan fingerprint density at radius 2 is 1.52 bits per heavy atom. The van der Waals surface area contributed by atoms with E-state index in [-0.39, 0.29) is 67.2 Å². The molecular weight excluding hydrogens is 718 g/mol. The molecule has 1 aromatic rings. The highest BCUT2D eigenvalue weighted by Crippen LogP contribution is 2.31. The third kappa shape index (κ3) is 12.9. The Bertz CT molecular complexity index is 1500. The fraction of sp³-hybridized carbons (Fsp3) is 0.690. The number of rotatable bonds is 22. The number of hydrogen-bond acceptors (Lipinski definition) is 8. The zero-order chi connectivity index (χ0) is 42.4. The van der Waals surface area contributed by atoms with E-state index in [4.69, 9.17) is 4.74 Å². The molecule has 0 aliphatic carbocycles. The zero-order valence-corrected chi connectivity index (χ0v) is 35.4. The summed E-state index contributed by atoms with van der Waals surface area (Å²) in [5.74, 6) is -5.14. The molecule has 1 aromatic carbocycles. The molecule has 1 unspecified atom stereocenters. The number of Topliss-reactive ketones (excluding diaryl/α,β-unsaturated/α-hetero) is 1. The maximum atomic E-state index is 14.1. The number of carbonyl (C=O) groups excluding carboxylic acids is 6. The number of ether oxygens (including phenoxy) is 1. The average molecular weight is 786 g/mol. The van der Waals surface area contributed by atoms with E-state index in [2.05, 4.69) is 5.32 Å². The Balaban J connectivity index is 2.21. The Hall–Kier alpha value is -4.33. The normalized spacial score (nSPS) is 17.9. The van der Waals surface area contributed by atoms with Crippen LogP contribution in [-0.2, 0) is 44.7 Å². The summed E-state index contributed by atoms with van der Waals surface area (Å²) in [6, 6.07) is 6.02. The largest absolute Gasteiger partial charge is 0.480 e. The molecule has 1 heterocycles. The van der Waals surface area contributed by atoms with Gasteiger partial charge in [-0.25, -0.2) is 4.79 Å². The lowest BCUT2D eigenvalue weighted by Gasteiger charge is -2.40. The molecule has 0 saturated carbocycles. The van der Waals surface area contributed by atoms with Crippen molar-refractivity contribution in [2.24, 2.45) is 23.7 Å². The van der Waals surface area contributed by atoms with Crippen LogP contribution in [-0.4, -0.2) is 138 Å². The zero-order valence-electron chi connectivity index (χ0n) is 35.4. The van der Waals surface area contributed by atoms with Crippen LogP contribution in [0.2, 0.25) is 0 Å². The average Bonchev–Trinajstić information content (AvgIpc) is 3.66. The number of hydrogen-bond donors (Lipinski definition) is 2. The first-order valence-electron chi connectivity index (χ1n) is 19.9. The Morgan fingerprint density at radius 1 is 0.911 bits per heavy atom. The van der Waals surface area contributed by atoms with Crippen LogP contribution in [0.15, 0.2) is 30.3 Å². The number of carbonyl (C=O) groups is 7. The highest BCUT2D eigenvalue weighted by atomic mass is 16.5. The molecule has 0 spiro atoms. The van der Waals surface area contributed by atoms with Crippen molar-refractivity contribution in [2.45, 2.75) is 123 Å². The van der Waals surface area contributed by atoms with Gasteiger partial charge in [0, 0.05) is 73.1 Å². The number of nitrogens with zero attached hydrogens (tertiary/aromatic N) is 4. The molecule has 0 aromatic heterocycles. The summed E-state index contributed by atoms with van der Waals surface area (Å²) in [5.41, 5.74) is 0.789. The summed E-state index contributed by atoms with van der Waals surface area (Å²) in [5, 5.41) is 12.6. The standard InChI is InChI=1S/C42H67N5O9/c1-12-27(4)38(46(10)41(53)39(51)37(26(2)3)45(9)35(49)22-16-21-34(48)44(7)8)33(56-11)25-36(50)47-23-17-20-32(47)28(5)29(6)40(52)43-31(42(54)55)24-30-18-14-13-15-19-30/h13-15,18-19,26-29,31-33,37-38H,12,16-17,20-25H2,1-11H3,(H,43,52)(H,54,55)/t27-,28+,29+,31+,32?,33+,37-,38-/m0/s1. The van der Waals surface area contributed by atoms with Gasteiger partial charge in [-0.1, -0.05) is 78.3 Å². The van der Waals surface area contributed by atoms with Gasteiger partial charge in [-0.05, 0) is 42.6 Å². The van der Waals surface area contributed by atoms with E-state index in [1.807, 2.05) is 51.1 Å². The number of methoxy groups -OCH3 is 1. The van der Waals surface area contributed by atoms with Crippen molar-refractivity contribution in [2.75, 3.05) is 41.8 Å². The van der Waals surface area contributed by atoms with Crippen LogP contribution in [0.25, 0.3) is 0 Å². The molecule has 0 bridgehead atoms. The van der Waals surface area contributed by atoms with Crippen LogP contribution in [0.3, 0.4) is 0 Å². The maximum Gasteiger partial charge on any atom is 0.326 e. The first-order chi connectivity index (χ1) is 26.3. The first kappa shape index (κ1) is 47.8. The van der Waals surface area contributed by atoms with E-state index in [0.29, 0.717) is 25.8 Å². The van der Waals surface area contributed by atoms with E-state index >= 15 is 0 Å². The van der Waals surface area contributed by atoms with Crippen LogP contribution in [0.4, 0.5) is 0 Å². The summed E-state index contributed by atoms with van der Waals surface area (Å²) in [7, 11) is 7.80. The lowest BCUT2D eigenvalue weighted by atomic mass is 9.86. The van der Waals surface area contributed by atoms with Crippen LogP contribution in [0, 0.1) is 23.7 Å². The third-order valence-electron chi connectivity index (χ3n) is 11.6. The van der Waals surface area contributed by atoms with Gasteiger partial charge in [0.1, 0.15) is 12.1 Å². The monoisotopic (exact) mass is 785 g/mol. The Labute approximate surface area is 333 Å². The van der Waals surface area contributed by atoms with Crippen molar-refractivity contribution in [3.05, 3.63) is 35.9 Å². The van der Waals surface area contributed by atoms with Gasteiger partial charge in [-0.2, -0.15) is 0 Å². The van der Waals surface area contributed by atoms with Crippen molar-refractivity contribution in [1.29, 1.82) is 0 Å². The highest BCUT2D eigenvalue weighted by molar-refractivity contribution is 6.38. The van der Waals surface area contributed by atoms with Gasteiger partial charge in [-0.15, -0.1) is 0 Å². The van der Waals surface area contributed by atoms with Crippen LogP contribution < -0.4 is 5.32 Å². The summed E-state index contributed by atoms with van der Waals surface area (Å²) in [6.07, 6.45) is 1.89. The molecule has 1 saturated heterocycles. The van der Waals surface area contributed by atoms with E-state index in [9.17, 15) is 38.7 Å². The summed E-state index contributed by atoms with van der Waals surface area (Å²) in [6.45, 7) is 11.6. The van der Waals surface area contributed by atoms with Crippen molar-refractivity contribution in [3.8, 4) is 0 Å². The fourth-order valence-corrected chi connectivity index (χ4v) is 7.75. The van der Waals surface area contributed by atoms with Gasteiger partial charge in [0.05, 0.1) is 18.6 Å². The number of benzene rings is 1. The van der Waals surface area contributed by atoms with Gasteiger partial charge in [0.15, 0.2) is 0 Å². The van der Waals surface area contributed by atoms with E-state index < -0.39 is 53.7 Å². The van der Waals surface area contributed by atoms with Crippen molar-refractivity contribution >= 4 is 41.3 Å². The van der Waals surface area contributed by atoms with Gasteiger partial charge in [0.2, 0.25) is 29.4 Å². The molecule has 14 nitrogen and oxygen atoms in total. The number of amides is 5. The molecule has 1 aliphatic heterocycles. The summed E-state index contributed by atoms with van der Waals surface area (Å²) in [4.78, 5) is 98.4. The third-order valence-corrected chi connectivity index (χ3v) is 11.6. The number of likely N-dealkylation sites (N-methyl/N-ethyl adjacent to an activating group) is 2. The van der Waals surface area contributed by atoms with Crippen LogP contribution in [0.5, 0.6) is 0 Å². The van der Waals surface area contributed by atoms with Gasteiger partial charge in [0.25, 0.3) is 5.91 Å². The van der Waals surface area contributed by atoms with Crippen LogP contribution in [0.1, 0.15) is 92.1 Å². The Kier molecular flexibility index (Phi) is 19.1. The number of ketones is 1. The van der Waals surface area contributed by atoms with Crippen molar-refractivity contribution in [1.82, 2.24) is 24.9 Å². The van der Waals surface area contributed by atoms with Crippen molar-refractivity contribution in [3.63, 3.8) is 0 Å². The minimum Gasteiger partial charge on any atom is -0.480 e. The van der Waals surface area contributed by atoms with Crippen molar-refractivity contribution < 1.29 is 43.4 Å².